The third-order valence-corrected chi connectivity index (χ3v) is 2.07. The minimum absolute atomic E-state index is 0. The van der Waals surface area contributed by atoms with Gasteiger partial charge in [-0.05, 0) is 17.7 Å². The van der Waals surface area contributed by atoms with E-state index >= 15 is 0 Å². The smallest absolute Gasteiger partial charge is 0.325 e. The third-order valence-electron chi connectivity index (χ3n) is 1.83. The second-order valence-electron chi connectivity index (χ2n) is 2.74. The van der Waals surface area contributed by atoms with Gasteiger partial charge < -0.3 is 6.42 Å². The van der Waals surface area contributed by atoms with E-state index in [1.165, 1.54) is 6.07 Å². The van der Waals surface area contributed by atoms with E-state index in [4.69, 9.17) is 11.6 Å². The van der Waals surface area contributed by atoms with Crippen LogP contribution in [0.5, 0.6) is 0 Å². The summed E-state index contributed by atoms with van der Waals surface area (Å²) >= 11 is 5.59. The maximum absolute atomic E-state index is 13.0. The first-order valence-corrected chi connectivity index (χ1v) is 3.93. The standard InChI is InChI=1S/C9H7ClF.K/c10-7-3-4-8(6-1-2-6)9(11)5-7;/h1,3-6H,2H2;/q-1;+1/t6-;/m1./s1. The second kappa shape index (κ2) is 4.53. The summed E-state index contributed by atoms with van der Waals surface area (Å²) in [5.41, 5.74) is 0.773. The summed E-state index contributed by atoms with van der Waals surface area (Å²) < 4.78 is 13.0. The van der Waals surface area contributed by atoms with Gasteiger partial charge in [-0.3, -0.25) is 0 Å². The summed E-state index contributed by atoms with van der Waals surface area (Å²) in [6, 6.07) is 4.85. The van der Waals surface area contributed by atoms with Crippen molar-refractivity contribution in [3.05, 3.63) is 41.0 Å². The molecule has 0 amide bonds. The molecule has 0 bridgehead atoms. The summed E-state index contributed by atoms with van der Waals surface area (Å²) in [4.78, 5) is 0. The summed E-state index contributed by atoms with van der Waals surface area (Å²) in [5.74, 6) is 0.156. The molecule has 0 radical (unpaired) electrons. The minimum atomic E-state index is -0.184. The Hall–Kier alpha value is 1.08. The van der Waals surface area contributed by atoms with Gasteiger partial charge in [0.1, 0.15) is 5.82 Å². The van der Waals surface area contributed by atoms with Gasteiger partial charge in [-0.2, -0.15) is 12.3 Å². The van der Waals surface area contributed by atoms with Gasteiger partial charge in [0.25, 0.3) is 0 Å². The Morgan fingerprint density at radius 1 is 1.50 bits per heavy atom. The molecule has 0 heterocycles. The predicted octanol–water partition coefficient (Wildman–Crippen LogP) is 0.175. The Labute approximate surface area is 119 Å². The number of rotatable bonds is 1. The zero-order valence-electron chi connectivity index (χ0n) is 6.85. The number of benzene rings is 1. The van der Waals surface area contributed by atoms with Gasteiger partial charge in [-0.1, -0.05) is 17.7 Å². The molecule has 1 saturated carbocycles. The molecule has 0 N–H and O–H groups in total. The fourth-order valence-electron chi connectivity index (χ4n) is 1.12. The molecule has 0 aromatic heterocycles. The average Bonchev–Trinajstić information content (AvgIpc) is 2.70. The fraction of sp³-hybridized carbons (Fsp3) is 0.222. The van der Waals surface area contributed by atoms with Crippen LogP contribution in [-0.2, 0) is 0 Å². The van der Waals surface area contributed by atoms with Crippen LogP contribution < -0.4 is 51.4 Å². The first-order valence-electron chi connectivity index (χ1n) is 3.55. The van der Waals surface area contributed by atoms with Gasteiger partial charge in [0.15, 0.2) is 0 Å². The van der Waals surface area contributed by atoms with Gasteiger partial charge in [0.05, 0.1) is 0 Å². The van der Waals surface area contributed by atoms with Crippen molar-refractivity contribution in [2.75, 3.05) is 0 Å². The van der Waals surface area contributed by atoms with Crippen molar-refractivity contribution in [3.63, 3.8) is 0 Å². The monoisotopic (exact) mass is 208 g/mol. The Morgan fingerprint density at radius 2 is 2.17 bits per heavy atom. The van der Waals surface area contributed by atoms with Crippen LogP contribution in [0.15, 0.2) is 18.2 Å². The van der Waals surface area contributed by atoms with Gasteiger partial charge >= 0.3 is 51.4 Å². The quantitative estimate of drug-likeness (QED) is 0.456. The molecular formula is C9H7ClFK. The van der Waals surface area contributed by atoms with E-state index in [0.717, 1.165) is 12.0 Å². The molecule has 1 aromatic carbocycles. The van der Waals surface area contributed by atoms with Crippen molar-refractivity contribution in [1.29, 1.82) is 0 Å². The molecular weight excluding hydrogens is 202 g/mol. The third kappa shape index (κ3) is 2.53. The molecule has 0 spiro atoms. The van der Waals surface area contributed by atoms with Crippen LogP contribution in [0.25, 0.3) is 0 Å². The van der Waals surface area contributed by atoms with E-state index in [1.807, 2.05) is 0 Å². The molecule has 1 aliphatic rings. The summed E-state index contributed by atoms with van der Waals surface area (Å²) in [6.07, 6.45) is 3.07. The number of hydrogen-bond donors (Lipinski definition) is 0. The maximum Gasteiger partial charge on any atom is 1.00 e. The van der Waals surface area contributed by atoms with Crippen LogP contribution in [0, 0.1) is 12.2 Å². The van der Waals surface area contributed by atoms with Crippen LogP contribution >= 0.6 is 11.6 Å². The Morgan fingerprint density at radius 3 is 2.67 bits per heavy atom. The molecule has 0 saturated heterocycles. The zero-order valence-corrected chi connectivity index (χ0v) is 10.7. The Bertz CT molecular complexity index is 284. The average molecular weight is 209 g/mol. The van der Waals surface area contributed by atoms with Crippen molar-refractivity contribution in [3.8, 4) is 0 Å². The van der Waals surface area contributed by atoms with Crippen LogP contribution in [0.3, 0.4) is 0 Å². The first-order chi connectivity index (χ1) is 5.27. The summed E-state index contributed by atoms with van der Waals surface area (Å²) in [7, 11) is 0. The molecule has 2 rings (SSSR count). The van der Waals surface area contributed by atoms with Crippen molar-refractivity contribution in [2.45, 2.75) is 12.3 Å². The van der Waals surface area contributed by atoms with Crippen molar-refractivity contribution >= 4 is 11.6 Å². The van der Waals surface area contributed by atoms with E-state index < -0.39 is 0 Å². The van der Waals surface area contributed by atoms with Crippen molar-refractivity contribution in [2.24, 2.45) is 0 Å². The van der Waals surface area contributed by atoms with Crippen molar-refractivity contribution < 1.29 is 55.8 Å². The van der Waals surface area contributed by atoms with Crippen LogP contribution in [-0.4, -0.2) is 0 Å². The molecule has 1 aromatic rings. The Balaban J connectivity index is 0.000000720. The van der Waals surface area contributed by atoms with E-state index in [1.54, 1.807) is 12.1 Å². The summed E-state index contributed by atoms with van der Waals surface area (Å²) in [6.45, 7) is 0. The van der Waals surface area contributed by atoms with Crippen LogP contribution in [0.1, 0.15) is 17.9 Å². The number of hydrogen-bond acceptors (Lipinski definition) is 0. The maximum atomic E-state index is 13.0. The predicted molar refractivity (Wildman–Crippen MR) is 43.1 cm³/mol. The molecule has 0 nitrogen and oxygen atoms in total. The van der Waals surface area contributed by atoms with E-state index in [0.29, 0.717) is 10.9 Å². The van der Waals surface area contributed by atoms with Crippen molar-refractivity contribution in [1.82, 2.24) is 0 Å². The molecule has 12 heavy (non-hydrogen) atoms. The molecule has 0 aliphatic heterocycles. The molecule has 1 aliphatic carbocycles. The topological polar surface area (TPSA) is 0 Å². The van der Waals surface area contributed by atoms with E-state index in [2.05, 4.69) is 6.42 Å². The summed E-state index contributed by atoms with van der Waals surface area (Å²) in [5, 5.41) is 0.465. The van der Waals surface area contributed by atoms with Gasteiger partial charge in [0, 0.05) is 5.02 Å². The van der Waals surface area contributed by atoms with Crippen LogP contribution in [0.4, 0.5) is 4.39 Å². The van der Waals surface area contributed by atoms with Gasteiger partial charge in [0.2, 0.25) is 0 Å². The second-order valence-corrected chi connectivity index (χ2v) is 3.18. The zero-order chi connectivity index (χ0) is 7.84. The van der Waals surface area contributed by atoms with Crippen LogP contribution in [0.2, 0.25) is 5.02 Å². The van der Waals surface area contributed by atoms with E-state index in [9.17, 15) is 4.39 Å². The number of halogens is 2. The largest absolute Gasteiger partial charge is 1.00 e. The van der Waals surface area contributed by atoms with E-state index in [-0.39, 0.29) is 57.2 Å². The molecule has 3 heteroatoms. The van der Waals surface area contributed by atoms with Gasteiger partial charge in [-0.25, -0.2) is 4.39 Å². The molecule has 0 unspecified atom stereocenters. The fourth-order valence-corrected chi connectivity index (χ4v) is 1.28. The Kier molecular flexibility index (Phi) is 4.21. The first kappa shape index (κ1) is 11.2. The SMILES string of the molecule is Fc1cc(Cl)ccc1[C@@H]1[CH-]C1.[K+]. The molecule has 1 fully saturated rings. The normalized spacial score (nSPS) is 20.0. The van der Waals surface area contributed by atoms with Gasteiger partial charge in [-0.15, -0.1) is 0 Å². The minimum Gasteiger partial charge on any atom is -0.325 e. The molecule has 58 valence electrons. The molecule has 1 atom stereocenters.